The van der Waals surface area contributed by atoms with Gasteiger partial charge in [0.15, 0.2) is 17.3 Å². The van der Waals surface area contributed by atoms with Crippen LogP contribution in [0.25, 0.3) is 0 Å². The Morgan fingerprint density at radius 1 is 1.25 bits per heavy atom. The van der Waals surface area contributed by atoms with Gasteiger partial charge in [0.2, 0.25) is 12.7 Å². The number of hydrogen-bond donors (Lipinski definition) is 1. The van der Waals surface area contributed by atoms with Crippen molar-refractivity contribution in [3.05, 3.63) is 35.5 Å². The Labute approximate surface area is 140 Å². The van der Waals surface area contributed by atoms with Crippen LogP contribution in [0, 0.1) is 12.8 Å². The average Bonchev–Trinajstić information content (AvgIpc) is 3.25. The first kappa shape index (κ1) is 15.4. The number of aromatic nitrogens is 2. The molecule has 1 N–H and O–H groups in total. The van der Waals surface area contributed by atoms with Crippen molar-refractivity contribution < 1.29 is 18.7 Å². The molecule has 1 saturated heterocycles. The third kappa shape index (κ3) is 3.09. The highest BCUT2D eigenvalue weighted by molar-refractivity contribution is 5.48. The molecule has 0 bridgehead atoms. The van der Waals surface area contributed by atoms with Gasteiger partial charge in [0, 0.05) is 25.3 Å². The summed E-state index contributed by atoms with van der Waals surface area (Å²) in [4.78, 5) is 4.43. The van der Waals surface area contributed by atoms with E-state index in [-0.39, 0.29) is 12.8 Å². The van der Waals surface area contributed by atoms with E-state index in [9.17, 15) is 0 Å². The van der Waals surface area contributed by atoms with Crippen LogP contribution >= 0.6 is 0 Å². The molecule has 1 aromatic carbocycles. The summed E-state index contributed by atoms with van der Waals surface area (Å²) in [5.74, 6) is 3.32. The molecular formula is C17H21N3O4. The van der Waals surface area contributed by atoms with E-state index in [0.717, 1.165) is 43.1 Å². The minimum atomic E-state index is 0.00766. The second-order valence-corrected chi connectivity index (χ2v) is 6.14. The predicted octanol–water partition coefficient (Wildman–Crippen LogP) is 2.36. The number of aryl methyl sites for hydroxylation is 1. The van der Waals surface area contributed by atoms with Crippen molar-refractivity contribution in [1.82, 2.24) is 15.5 Å². The lowest BCUT2D eigenvalue weighted by Crippen LogP contribution is -2.32. The lowest BCUT2D eigenvalue weighted by Gasteiger charge is -2.28. The van der Waals surface area contributed by atoms with Crippen LogP contribution in [0.1, 0.15) is 36.2 Å². The quantitative estimate of drug-likeness (QED) is 0.901. The molecule has 0 radical (unpaired) electrons. The van der Waals surface area contributed by atoms with E-state index in [4.69, 9.17) is 18.7 Å². The van der Waals surface area contributed by atoms with Gasteiger partial charge in [-0.15, -0.1) is 0 Å². The normalized spacial score (nSPS) is 18.7. The molecule has 128 valence electrons. The van der Waals surface area contributed by atoms with Crippen molar-refractivity contribution in [2.45, 2.75) is 32.4 Å². The molecule has 3 heterocycles. The summed E-state index contributed by atoms with van der Waals surface area (Å²) >= 11 is 0. The fraction of sp³-hybridized carbons (Fsp3) is 0.529. The van der Waals surface area contributed by atoms with E-state index in [2.05, 4.69) is 15.5 Å². The largest absolute Gasteiger partial charge is 0.454 e. The number of para-hydroxylation sites is 1. The zero-order chi connectivity index (χ0) is 16.4. The van der Waals surface area contributed by atoms with Crippen molar-refractivity contribution in [3.8, 4) is 11.5 Å². The van der Waals surface area contributed by atoms with Crippen LogP contribution in [0.15, 0.2) is 22.7 Å². The molecular weight excluding hydrogens is 310 g/mol. The summed E-state index contributed by atoms with van der Waals surface area (Å²) in [5, 5.41) is 7.52. The molecule has 7 heteroatoms. The fourth-order valence-corrected chi connectivity index (χ4v) is 3.29. The molecule has 2 aliphatic rings. The van der Waals surface area contributed by atoms with Crippen LogP contribution in [0.3, 0.4) is 0 Å². The Morgan fingerprint density at radius 2 is 2.12 bits per heavy atom. The Morgan fingerprint density at radius 3 is 2.92 bits per heavy atom. The highest BCUT2D eigenvalue weighted by Crippen LogP contribution is 2.36. The van der Waals surface area contributed by atoms with Crippen LogP contribution in [-0.2, 0) is 11.3 Å². The third-order valence-electron chi connectivity index (χ3n) is 4.54. The Hall–Kier alpha value is -2.12. The number of fused-ring (bicyclic) bond motifs is 1. The van der Waals surface area contributed by atoms with Gasteiger partial charge in [-0.05, 0) is 31.7 Å². The summed E-state index contributed by atoms with van der Waals surface area (Å²) in [6.45, 7) is 4.30. The summed E-state index contributed by atoms with van der Waals surface area (Å²) in [5.41, 5.74) is 1.07. The molecule has 24 heavy (non-hydrogen) atoms. The fourth-order valence-electron chi connectivity index (χ4n) is 3.29. The van der Waals surface area contributed by atoms with Gasteiger partial charge in [0.25, 0.3) is 0 Å². The van der Waals surface area contributed by atoms with Crippen molar-refractivity contribution >= 4 is 0 Å². The number of nitrogens with one attached hydrogen (secondary N) is 1. The maximum atomic E-state index is 5.58. The van der Waals surface area contributed by atoms with Crippen LogP contribution in [0.5, 0.6) is 11.5 Å². The second kappa shape index (κ2) is 6.78. The van der Waals surface area contributed by atoms with Crippen LogP contribution in [0.4, 0.5) is 0 Å². The molecule has 1 aromatic heterocycles. The van der Waals surface area contributed by atoms with Crippen LogP contribution in [-0.4, -0.2) is 30.1 Å². The molecule has 0 saturated carbocycles. The number of ether oxygens (including phenoxy) is 3. The van der Waals surface area contributed by atoms with E-state index in [0.29, 0.717) is 24.2 Å². The summed E-state index contributed by atoms with van der Waals surface area (Å²) in [6, 6.07) is 5.95. The first-order chi connectivity index (χ1) is 11.8. The van der Waals surface area contributed by atoms with Crippen molar-refractivity contribution in [3.63, 3.8) is 0 Å². The van der Waals surface area contributed by atoms with E-state index in [1.165, 1.54) is 0 Å². The summed E-state index contributed by atoms with van der Waals surface area (Å²) < 4.78 is 22.0. The molecule has 4 rings (SSSR count). The molecule has 1 fully saturated rings. The van der Waals surface area contributed by atoms with E-state index in [1.807, 2.05) is 25.1 Å². The first-order valence-electron chi connectivity index (χ1n) is 8.30. The molecule has 1 atom stereocenters. The van der Waals surface area contributed by atoms with E-state index in [1.54, 1.807) is 0 Å². The number of nitrogens with zero attached hydrogens (tertiary/aromatic N) is 2. The molecule has 0 spiro atoms. The number of rotatable bonds is 5. The predicted molar refractivity (Wildman–Crippen MR) is 84.7 cm³/mol. The Balaban J connectivity index is 1.52. The van der Waals surface area contributed by atoms with Gasteiger partial charge in [0.1, 0.15) is 0 Å². The number of hydrogen-bond acceptors (Lipinski definition) is 7. The van der Waals surface area contributed by atoms with Crippen molar-refractivity contribution in [2.75, 3.05) is 20.0 Å². The van der Waals surface area contributed by atoms with Gasteiger partial charge < -0.3 is 24.1 Å². The zero-order valence-electron chi connectivity index (χ0n) is 13.7. The highest BCUT2D eigenvalue weighted by atomic mass is 16.7. The topological polar surface area (TPSA) is 78.6 Å². The van der Waals surface area contributed by atoms with Gasteiger partial charge in [-0.25, -0.2) is 0 Å². The lowest BCUT2D eigenvalue weighted by molar-refractivity contribution is 0.0485. The van der Waals surface area contributed by atoms with Crippen molar-refractivity contribution in [1.29, 1.82) is 0 Å². The third-order valence-corrected chi connectivity index (χ3v) is 4.54. The van der Waals surface area contributed by atoms with Gasteiger partial charge in [-0.3, -0.25) is 0 Å². The van der Waals surface area contributed by atoms with Crippen LogP contribution in [0.2, 0.25) is 0 Å². The van der Waals surface area contributed by atoms with E-state index >= 15 is 0 Å². The first-order valence-corrected chi connectivity index (χ1v) is 8.30. The van der Waals surface area contributed by atoms with E-state index < -0.39 is 0 Å². The Bertz CT molecular complexity index is 697. The lowest BCUT2D eigenvalue weighted by atomic mass is 9.91. The molecule has 0 amide bonds. The average molecular weight is 331 g/mol. The number of benzene rings is 1. The monoisotopic (exact) mass is 331 g/mol. The van der Waals surface area contributed by atoms with Gasteiger partial charge in [0.05, 0.1) is 6.04 Å². The summed E-state index contributed by atoms with van der Waals surface area (Å²) in [7, 11) is 0. The minimum absolute atomic E-state index is 0.00766. The minimum Gasteiger partial charge on any atom is -0.454 e. The zero-order valence-corrected chi connectivity index (χ0v) is 13.7. The molecule has 0 aliphatic carbocycles. The molecule has 7 nitrogen and oxygen atoms in total. The maximum Gasteiger partial charge on any atom is 0.244 e. The molecule has 2 aliphatic heterocycles. The van der Waals surface area contributed by atoms with Gasteiger partial charge in [-0.2, -0.15) is 4.98 Å². The molecule has 0 unspecified atom stereocenters. The SMILES string of the molecule is Cc1noc([C@H](NCc2cccc3c2OCO3)C2CCOCC2)n1. The van der Waals surface area contributed by atoms with Gasteiger partial charge >= 0.3 is 0 Å². The standard InChI is InChI=1S/C17H21N3O4/c1-11-19-17(24-20-11)15(12-5-7-21-8-6-12)18-9-13-3-2-4-14-16(13)23-10-22-14/h2-4,12,15,18H,5-10H2,1H3/t15-/m1/s1. The molecule has 2 aromatic rings. The van der Waals surface area contributed by atoms with Gasteiger partial charge in [-0.1, -0.05) is 17.3 Å². The smallest absolute Gasteiger partial charge is 0.244 e. The highest BCUT2D eigenvalue weighted by Gasteiger charge is 2.30. The van der Waals surface area contributed by atoms with Crippen molar-refractivity contribution in [2.24, 2.45) is 5.92 Å². The summed E-state index contributed by atoms with van der Waals surface area (Å²) in [6.07, 6.45) is 1.96. The second-order valence-electron chi connectivity index (χ2n) is 6.14. The van der Waals surface area contributed by atoms with Crippen LogP contribution < -0.4 is 14.8 Å². The maximum absolute atomic E-state index is 5.58. The Kier molecular flexibility index (Phi) is 4.36.